The van der Waals surface area contributed by atoms with Crippen molar-refractivity contribution in [2.45, 2.75) is 103 Å². The minimum atomic E-state index is 1.14. The monoisotopic (exact) mass is 530 g/mol. The molecule has 0 spiro atoms. The summed E-state index contributed by atoms with van der Waals surface area (Å²) in [5.74, 6) is 0. The lowest BCUT2D eigenvalue weighted by molar-refractivity contribution is 0.695. The van der Waals surface area contributed by atoms with Crippen molar-refractivity contribution >= 4 is 44.4 Å². The molecule has 9 rings (SSSR count). The van der Waals surface area contributed by atoms with Crippen LogP contribution in [-0.2, 0) is 25.7 Å². The van der Waals surface area contributed by atoms with Crippen LogP contribution in [0, 0.1) is 0 Å². The molecule has 4 nitrogen and oxygen atoms in total. The molecule has 5 heterocycles. The van der Waals surface area contributed by atoms with Gasteiger partial charge in [0.2, 0.25) is 0 Å². The summed E-state index contributed by atoms with van der Waals surface area (Å²) in [5.41, 5.74) is 22.0. The third kappa shape index (κ3) is 3.57. The Morgan fingerprint density at radius 3 is 1.02 bits per heavy atom. The Hall–Kier alpha value is -3.40. The smallest absolute Gasteiger partial charge is 0.0694 e. The largest absolute Gasteiger partial charge is 0.355 e. The van der Waals surface area contributed by atoms with Crippen molar-refractivity contribution in [3.05, 3.63) is 69.3 Å². The van der Waals surface area contributed by atoms with E-state index in [4.69, 9.17) is 9.97 Å². The molecule has 0 saturated carbocycles. The van der Waals surface area contributed by atoms with Crippen LogP contribution in [0.4, 0.5) is 0 Å². The lowest BCUT2D eigenvalue weighted by Crippen LogP contribution is -2.00. The second kappa shape index (κ2) is 9.06. The summed E-state index contributed by atoms with van der Waals surface area (Å²) in [6, 6.07) is 9.60. The number of aromatic nitrogens is 4. The van der Waals surface area contributed by atoms with E-state index in [9.17, 15) is 0 Å². The molecule has 6 aliphatic rings. The van der Waals surface area contributed by atoms with Gasteiger partial charge >= 0.3 is 0 Å². The summed E-state index contributed by atoms with van der Waals surface area (Å²) in [4.78, 5) is 18.6. The predicted molar refractivity (Wildman–Crippen MR) is 165 cm³/mol. The van der Waals surface area contributed by atoms with Crippen LogP contribution in [0.3, 0.4) is 0 Å². The number of nitrogens with one attached hydrogen (secondary N) is 2. The second-order valence-corrected chi connectivity index (χ2v) is 12.9. The van der Waals surface area contributed by atoms with Crippen molar-refractivity contribution in [3.8, 4) is 0 Å². The Morgan fingerprint density at radius 2 is 0.650 bits per heavy atom. The number of aromatic amines is 2. The van der Waals surface area contributed by atoms with Crippen molar-refractivity contribution in [1.82, 2.24) is 19.9 Å². The van der Waals surface area contributed by atoms with E-state index in [1.807, 2.05) is 0 Å². The first-order chi connectivity index (χ1) is 19.8. The van der Waals surface area contributed by atoms with Gasteiger partial charge in [0.05, 0.1) is 22.8 Å². The second-order valence-electron chi connectivity index (χ2n) is 12.9. The fourth-order valence-electron chi connectivity index (χ4n) is 8.58. The minimum absolute atomic E-state index is 1.14. The van der Waals surface area contributed by atoms with E-state index in [0.717, 1.165) is 25.7 Å². The molecular formula is C36H38N4. The van der Waals surface area contributed by atoms with E-state index in [1.165, 1.54) is 166 Å². The first-order valence-corrected chi connectivity index (χ1v) is 16.0. The van der Waals surface area contributed by atoms with Gasteiger partial charge in [0, 0.05) is 22.1 Å². The van der Waals surface area contributed by atoms with Gasteiger partial charge in [-0.1, -0.05) is 0 Å². The van der Waals surface area contributed by atoms with E-state index in [2.05, 4.69) is 34.2 Å². The van der Waals surface area contributed by atoms with Crippen LogP contribution >= 0.6 is 0 Å². The molecule has 0 atom stereocenters. The Balaban J connectivity index is 1.42. The molecule has 3 aromatic rings. The average molecular weight is 531 g/mol. The quantitative estimate of drug-likeness (QED) is 0.305. The fourth-order valence-corrected chi connectivity index (χ4v) is 8.58. The number of allylic oxidation sites excluding steroid dienone is 4. The first-order valence-electron chi connectivity index (χ1n) is 16.0. The summed E-state index contributed by atoms with van der Waals surface area (Å²) in [6.45, 7) is 0. The summed E-state index contributed by atoms with van der Waals surface area (Å²) in [5, 5.41) is 0. The number of aryl methyl sites for hydroxylation is 4. The van der Waals surface area contributed by atoms with Gasteiger partial charge in [-0.3, -0.25) is 0 Å². The molecule has 2 N–H and O–H groups in total. The Bertz CT molecular complexity index is 1680. The van der Waals surface area contributed by atoms with Gasteiger partial charge in [0.1, 0.15) is 0 Å². The van der Waals surface area contributed by atoms with Gasteiger partial charge in [-0.25, -0.2) is 9.97 Å². The molecule has 0 radical (unpaired) electrons. The van der Waals surface area contributed by atoms with Crippen LogP contribution in [0.25, 0.3) is 44.4 Å². The Labute approximate surface area is 236 Å². The highest BCUT2D eigenvalue weighted by Crippen LogP contribution is 2.44. The van der Waals surface area contributed by atoms with Crippen LogP contribution in [0.15, 0.2) is 24.3 Å². The summed E-state index contributed by atoms with van der Waals surface area (Å²) >= 11 is 0. The van der Waals surface area contributed by atoms with Crippen molar-refractivity contribution in [1.29, 1.82) is 0 Å². The molecule has 4 aliphatic carbocycles. The third-order valence-corrected chi connectivity index (χ3v) is 10.6. The van der Waals surface area contributed by atoms with Crippen molar-refractivity contribution < 1.29 is 0 Å². The molecular weight excluding hydrogens is 492 g/mol. The number of H-pyrrole nitrogens is 2. The maximum atomic E-state index is 5.36. The number of fused-ring (bicyclic) bond motifs is 18. The Kier molecular flexibility index (Phi) is 5.28. The van der Waals surface area contributed by atoms with E-state index in [0.29, 0.717) is 0 Å². The molecule has 0 amide bonds. The van der Waals surface area contributed by atoms with Gasteiger partial charge in [-0.15, -0.1) is 0 Å². The normalized spacial score (nSPS) is 20.2. The topological polar surface area (TPSA) is 57.4 Å². The zero-order chi connectivity index (χ0) is 26.2. The lowest BCUT2D eigenvalue weighted by atomic mass is 9.88. The summed E-state index contributed by atoms with van der Waals surface area (Å²) in [7, 11) is 0. The molecule has 0 fully saturated rings. The number of hydrogen-bond acceptors (Lipinski definition) is 2. The molecule has 0 aromatic carbocycles. The van der Waals surface area contributed by atoms with E-state index >= 15 is 0 Å². The number of rotatable bonds is 0. The standard InChI is InChI=1S/C36H38N4/c1-2-10-22-21(9-1)29-17-31-23-11-3-4-12-24(23)33(38-31)19-35-27-15-7-8-16-28(27)36(40-35)20-34-26-14-6-5-13-25(26)32(39-34)18-30(22)37-29/h17-20,37-38H,1-16H2/i37+1,38+1,39+1,40+1. The van der Waals surface area contributed by atoms with Crippen LogP contribution in [-0.4, -0.2) is 19.9 Å². The van der Waals surface area contributed by atoms with Crippen LogP contribution in [0.5, 0.6) is 0 Å². The van der Waals surface area contributed by atoms with Gasteiger partial charge in [0.15, 0.2) is 0 Å². The van der Waals surface area contributed by atoms with Crippen LogP contribution < -0.4 is 0 Å². The molecule has 202 valence electrons. The molecule has 8 bridgehead atoms. The maximum Gasteiger partial charge on any atom is 0.0694 e. The fraction of sp³-hybridized carbons (Fsp3) is 0.444. The van der Waals surface area contributed by atoms with Crippen LogP contribution in [0.2, 0.25) is 0 Å². The molecule has 0 saturated heterocycles. The number of nitrogens with zero attached hydrogens (tertiary/aromatic N) is 2. The van der Waals surface area contributed by atoms with Gasteiger partial charge in [-0.2, -0.15) is 0 Å². The Morgan fingerprint density at radius 1 is 0.350 bits per heavy atom. The zero-order valence-corrected chi connectivity index (χ0v) is 23.5. The highest BCUT2D eigenvalue weighted by molar-refractivity contribution is 5.97. The predicted octanol–water partition coefficient (Wildman–Crippen LogP) is 9.04. The van der Waals surface area contributed by atoms with E-state index in [1.54, 1.807) is 0 Å². The molecule has 0 unspecified atom stereocenters. The molecule has 40 heavy (non-hydrogen) atoms. The maximum absolute atomic E-state index is 5.36. The zero-order valence-electron chi connectivity index (χ0n) is 23.5. The van der Waals surface area contributed by atoms with Crippen molar-refractivity contribution in [2.24, 2.45) is 0 Å². The van der Waals surface area contributed by atoms with E-state index in [-0.39, 0.29) is 0 Å². The van der Waals surface area contributed by atoms with Gasteiger partial charge < -0.3 is 9.97 Å². The molecule has 3 aromatic heterocycles. The molecule has 2 aliphatic heterocycles. The van der Waals surface area contributed by atoms with Crippen molar-refractivity contribution in [3.63, 3.8) is 0 Å². The highest BCUT2D eigenvalue weighted by Gasteiger charge is 2.27. The lowest BCUT2D eigenvalue weighted by Gasteiger charge is -2.15. The van der Waals surface area contributed by atoms with Gasteiger partial charge in [-0.05, 0) is 172 Å². The SMILES string of the molecule is c1c2[15n]c(cc3[15nH]c(cc4[15nH]c(cc5[15n]c1C1=C5CCCC1)c1c4CCCC1)c1c3CCCC1)C1=C2CCCC1. The average Bonchev–Trinajstić information content (AvgIpc) is 3.73. The van der Waals surface area contributed by atoms with Crippen molar-refractivity contribution in [2.75, 3.05) is 0 Å². The summed E-state index contributed by atoms with van der Waals surface area (Å²) in [6.07, 6.45) is 19.5. The third-order valence-electron chi connectivity index (χ3n) is 10.6. The molecule has 4 heteroatoms. The first kappa shape index (κ1) is 23.3. The van der Waals surface area contributed by atoms with E-state index < -0.39 is 0 Å². The van der Waals surface area contributed by atoms with Crippen LogP contribution in [0.1, 0.15) is 122 Å². The van der Waals surface area contributed by atoms with Gasteiger partial charge in [0.25, 0.3) is 0 Å². The number of hydrogen-bond donors (Lipinski definition) is 2. The minimum Gasteiger partial charge on any atom is -0.355 e. The summed E-state index contributed by atoms with van der Waals surface area (Å²) < 4.78 is 0. The highest BCUT2D eigenvalue weighted by atomic mass is 15.5.